The number of alkyl halides is 1. The number of halogens is 1. The summed E-state index contributed by atoms with van der Waals surface area (Å²) in [5, 5.41) is 0. The van der Waals surface area contributed by atoms with E-state index < -0.39 is 0 Å². The molecular weight excluding hydrogens is 212 g/mol. The molecule has 15 heavy (non-hydrogen) atoms. The molecule has 0 atom stereocenters. The lowest BCUT2D eigenvalue weighted by molar-refractivity contribution is 0.222. The topological polar surface area (TPSA) is 18.5 Å². The van der Waals surface area contributed by atoms with Crippen LogP contribution in [0.2, 0.25) is 0 Å². The molecule has 0 aromatic heterocycles. The van der Waals surface area contributed by atoms with E-state index in [1.165, 1.54) is 0 Å². The Morgan fingerprint density at radius 2 is 2.07 bits per heavy atom. The van der Waals surface area contributed by atoms with E-state index in [4.69, 9.17) is 21.1 Å². The van der Waals surface area contributed by atoms with Crippen LogP contribution in [0.25, 0.3) is 0 Å². The maximum atomic E-state index is 5.85. The molecule has 0 radical (unpaired) electrons. The third-order valence-electron chi connectivity index (χ3n) is 1.86. The summed E-state index contributed by atoms with van der Waals surface area (Å²) in [4.78, 5) is 0. The Morgan fingerprint density at radius 3 is 2.60 bits per heavy atom. The summed E-state index contributed by atoms with van der Waals surface area (Å²) in [6, 6.07) is 5.78. The quantitative estimate of drug-likeness (QED) is 0.717. The molecule has 0 spiro atoms. The predicted octanol–water partition coefficient (Wildman–Crippen LogP) is 3.61. The van der Waals surface area contributed by atoms with Crippen molar-refractivity contribution in [3.63, 3.8) is 0 Å². The molecule has 1 aromatic carbocycles. The highest BCUT2D eigenvalue weighted by Crippen LogP contribution is 2.33. The fraction of sp³-hybridized carbons (Fsp3) is 0.500. The Morgan fingerprint density at radius 1 is 1.33 bits per heavy atom. The van der Waals surface area contributed by atoms with Gasteiger partial charge in [-0.3, -0.25) is 0 Å². The van der Waals surface area contributed by atoms with E-state index in [1.807, 2.05) is 39.0 Å². The van der Waals surface area contributed by atoms with Crippen LogP contribution in [0.5, 0.6) is 11.5 Å². The van der Waals surface area contributed by atoms with Gasteiger partial charge in [-0.15, -0.1) is 11.6 Å². The van der Waals surface area contributed by atoms with Crippen molar-refractivity contribution in [3.8, 4) is 11.5 Å². The molecule has 84 valence electrons. The van der Waals surface area contributed by atoms with Crippen LogP contribution in [-0.2, 0) is 5.88 Å². The molecule has 0 saturated heterocycles. The van der Waals surface area contributed by atoms with Crippen molar-refractivity contribution in [1.82, 2.24) is 0 Å². The molecule has 0 N–H and O–H groups in total. The van der Waals surface area contributed by atoms with Crippen LogP contribution < -0.4 is 9.47 Å². The minimum absolute atomic E-state index is 0.119. The van der Waals surface area contributed by atoms with E-state index in [2.05, 4.69) is 0 Å². The first-order valence-corrected chi connectivity index (χ1v) is 5.69. The summed E-state index contributed by atoms with van der Waals surface area (Å²) >= 11 is 5.85. The molecule has 0 aliphatic carbocycles. The lowest BCUT2D eigenvalue weighted by Gasteiger charge is -2.17. The third kappa shape index (κ3) is 3.31. The van der Waals surface area contributed by atoms with Gasteiger partial charge in [-0.2, -0.15) is 0 Å². The Kier molecular flexibility index (Phi) is 4.76. The third-order valence-corrected chi connectivity index (χ3v) is 2.15. The van der Waals surface area contributed by atoms with Gasteiger partial charge in [-0.1, -0.05) is 12.1 Å². The molecule has 2 nitrogen and oxygen atoms in total. The van der Waals surface area contributed by atoms with Gasteiger partial charge in [-0.05, 0) is 26.8 Å². The highest BCUT2D eigenvalue weighted by atomic mass is 35.5. The first-order chi connectivity index (χ1) is 7.19. The maximum absolute atomic E-state index is 5.85. The molecule has 1 rings (SSSR count). The standard InChI is InChI=1S/C12H17ClO2/c1-4-14-11-7-5-6-10(8-13)12(11)15-9(2)3/h5-7,9H,4,8H2,1-3H3. The smallest absolute Gasteiger partial charge is 0.165 e. The monoisotopic (exact) mass is 228 g/mol. The van der Waals surface area contributed by atoms with Crippen molar-refractivity contribution in [2.24, 2.45) is 0 Å². The zero-order valence-corrected chi connectivity index (χ0v) is 10.2. The van der Waals surface area contributed by atoms with Crippen LogP contribution in [0.3, 0.4) is 0 Å². The van der Waals surface area contributed by atoms with Crippen LogP contribution in [0, 0.1) is 0 Å². The van der Waals surface area contributed by atoms with Gasteiger partial charge in [0, 0.05) is 5.56 Å². The van der Waals surface area contributed by atoms with Gasteiger partial charge in [0.15, 0.2) is 11.5 Å². The van der Waals surface area contributed by atoms with Gasteiger partial charge in [-0.25, -0.2) is 0 Å². The zero-order chi connectivity index (χ0) is 11.3. The first kappa shape index (κ1) is 12.2. The summed E-state index contributed by atoms with van der Waals surface area (Å²) in [5.41, 5.74) is 0.969. The molecule has 0 aliphatic rings. The van der Waals surface area contributed by atoms with Crippen LogP contribution in [-0.4, -0.2) is 12.7 Å². The van der Waals surface area contributed by atoms with E-state index >= 15 is 0 Å². The average Bonchev–Trinajstić information content (AvgIpc) is 2.20. The van der Waals surface area contributed by atoms with E-state index in [0.717, 1.165) is 17.1 Å². The van der Waals surface area contributed by atoms with Gasteiger partial charge >= 0.3 is 0 Å². The Balaban J connectivity index is 3.02. The van der Waals surface area contributed by atoms with Crippen molar-refractivity contribution in [2.45, 2.75) is 32.8 Å². The Labute approximate surface area is 96.2 Å². The number of para-hydroxylation sites is 1. The molecule has 0 amide bonds. The molecule has 0 aliphatic heterocycles. The molecular formula is C12H17ClO2. The SMILES string of the molecule is CCOc1cccc(CCl)c1OC(C)C. The maximum Gasteiger partial charge on any atom is 0.165 e. The van der Waals surface area contributed by atoms with Crippen molar-refractivity contribution < 1.29 is 9.47 Å². The molecule has 0 heterocycles. The van der Waals surface area contributed by atoms with Crippen LogP contribution in [0.4, 0.5) is 0 Å². The fourth-order valence-electron chi connectivity index (χ4n) is 1.31. The van der Waals surface area contributed by atoms with Crippen molar-refractivity contribution in [1.29, 1.82) is 0 Å². The van der Waals surface area contributed by atoms with Crippen molar-refractivity contribution >= 4 is 11.6 Å². The van der Waals surface area contributed by atoms with E-state index in [0.29, 0.717) is 12.5 Å². The molecule has 1 aromatic rings. The second-order valence-corrected chi connectivity index (χ2v) is 3.74. The lowest BCUT2D eigenvalue weighted by atomic mass is 10.2. The molecule has 0 unspecified atom stereocenters. The van der Waals surface area contributed by atoms with Crippen LogP contribution in [0.15, 0.2) is 18.2 Å². The van der Waals surface area contributed by atoms with Gasteiger partial charge < -0.3 is 9.47 Å². The molecule has 0 fully saturated rings. The minimum atomic E-state index is 0.119. The second-order valence-electron chi connectivity index (χ2n) is 3.48. The van der Waals surface area contributed by atoms with E-state index in [-0.39, 0.29) is 6.10 Å². The Hall–Kier alpha value is -0.890. The Bertz CT molecular complexity index is 310. The summed E-state index contributed by atoms with van der Waals surface area (Å²) in [6.45, 7) is 6.55. The van der Waals surface area contributed by atoms with E-state index in [9.17, 15) is 0 Å². The van der Waals surface area contributed by atoms with Gasteiger partial charge in [0.1, 0.15) is 0 Å². The molecule has 0 saturated carbocycles. The fourth-order valence-corrected chi connectivity index (χ4v) is 1.52. The second kappa shape index (κ2) is 5.86. The number of hydrogen-bond acceptors (Lipinski definition) is 2. The number of hydrogen-bond donors (Lipinski definition) is 0. The lowest BCUT2D eigenvalue weighted by Crippen LogP contribution is -2.09. The number of ether oxygens (including phenoxy) is 2. The minimum Gasteiger partial charge on any atom is -0.490 e. The number of benzene rings is 1. The van der Waals surface area contributed by atoms with Gasteiger partial charge in [0.2, 0.25) is 0 Å². The summed E-state index contributed by atoms with van der Waals surface area (Å²) < 4.78 is 11.2. The zero-order valence-electron chi connectivity index (χ0n) is 9.42. The van der Waals surface area contributed by atoms with Crippen molar-refractivity contribution in [3.05, 3.63) is 23.8 Å². The highest BCUT2D eigenvalue weighted by Gasteiger charge is 2.11. The van der Waals surface area contributed by atoms with Crippen LogP contribution in [0.1, 0.15) is 26.3 Å². The molecule has 3 heteroatoms. The average molecular weight is 229 g/mol. The van der Waals surface area contributed by atoms with Gasteiger partial charge in [0.05, 0.1) is 18.6 Å². The number of rotatable bonds is 5. The van der Waals surface area contributed by atoms with Crippen molar-refractivity contribution in [2.75, 3.05) is 6.61 Å². The normalized spacial score (nSPS) is 10.5. The molecule has 0 bridgehead atoms. The summed E-state index contributed by atoms with van der Waals surface area (Å²) in [6.07, 6.45) is 0.119. The largest absolute Gasteiger partial charge is 0.490 e. The van der Waals surface area contributed by atoms with E-state index in [1.54, 1.807) is 0 Å². The first-order valence-electron chi connectivity index (χ1n) is 5.16. The summed E-state index contributed by atoms with van der Waals surface area (Å²) in [7, 11) is 0. The predicted molar refractivity (Wildman–Crippen MR) is 62.9 cm³/mol. The highest BCUT2D eigenvalue weighted by molar-refractivity contribution is 6.17. The van der Waals surface area contributed by atoms with Gasteiger partial charge in [0.25, 0.3) is 0 Å². The van der Waals surface area contributed by atoms with Crippen LogP contribution >= 0.6 is 11.6 Å². The summed E-state index contributed by atoms with van der Waals surface area (Å²) in [5.74, 6) is 1.97.